The number of likely N-dealkylation sites (tertiary alicyclic amines) is 1. The second-order valence-electron chi connectivity index (χ2n) is 5.33. The molecule has 1 aromatic carbocycles. The molecule has 110 valence electrons. The van der Waals surface area contributed by atoms with Gasteiger partial charge in [-0.05, 0) is 44.1 Å². The molecule has 0 radical (unpaired) electrons. The van der Waals surface area contributed by atoms with Crippen LogP contribution in [0.5, 0.6) is 0 Å². The van der Waals surface area contributed by atoms with Gasteiger partial charge in [0.1, 0.15) is 10.8 Å². The zero-order valence-electron chi connectivity index (χ0n) is 12.1. The van der Waals surface area contributed by atoms with E-state index in [-0.39, 0.29) is 10.8 Å². The summed E-state index contributed by atoms with van der Waals surface area (Å²) in [6.07, 6.45) is 2.47. The maximum atomic E-state index is 13.9. The first-order valence-electron chi connectivity index (χ1n) is 7.07. The standard InChI is InChI=1S/C15H22FN3S/c1-3-19-8-4-5-12(19)10-18(2)11-6-7-13(15(17)20)14(16)9-11/h6-7,9,12H,3-5,8,10H2,1-2H3,(H2,17,20). The minimum atomic E-state index is -0.347. The van der Waals surface area contributed by atoms with Gasteiger partial charge in [-0.15, -0.1) is 0 Å². The molecule has 0 aliphatic carbocycles. The van der Waals surface area contributed by atoms with Gasteiger partial charge in [0, 0.05) is 30.9 Å². The molecule has 2 N–H and O–H groups in total. The van der Waals surface area contributed by atoms with Crippen molar-refractivity contribution in [2.75, 3.05) is 31.6 Å². The summed E-state index contributed by atoms with van der Waals surface area (Å²) in [5, 5.41) is 0. The van der Waals surface area contributed by atoms with Crippen LogP contribution in [0.15, 0.2) is 18.2 Å². The summed E-state index contributed by atoms with van der Waals surface area (Å²) < 4.78 is 13.9. The van der Waals surface area contributed by atoms with Gasteiger partial charge in [0.15, 0.2) is 0 Å². The van der Waals surface area contributed by atoms with Crippen molar-refractivity contribution in [1.29, 1.82) is 0 Å². The molecule has 0 saturated carbocycles. The molecule has 2 rings (SSSR count). The van der Waals surface area contributed by atoms with E-state index in [1.807, 2.05) is 13.1 Å². The van der Waals surface area contributed by atoms with Gasteiger partial charge >= 0.3 is 0 Å². The second-order valence-corrected chi connectivity index (χ2v) is 5.77. The molecular formula is C15H22FN3S. The summed E-state index contributed by atoms with van der Waals surface area (Å²) in [6.45, 7) is 5.35. The van der Waals surface area contributed by atoms with Gasteiger partial charge in [0.25, 0.3) is 0 Å². The van der Waals surface area contributed by atoms with Crippen LogP contribution in [-0.2, 0) is 0 Å². The van der Waals surface area contributed by atoms with Crippen LogP contribution < -0.4 is 10.6 Å². The Morgan fingerprint density at radius 2 is 2.30 bits per heavy atom. The third-order valence-electron chi connectivity index (χ3n) is 4.05. The van der Waals surface area contributed by atoms with Crippen LogP contribution in [-0.4, -0.2) is 42.6 Å². The lowest BCUT2D eigenvalue weighted by atomic mass is 10.1. The number of rotatable bonds is 5. The molecule has 1 fully saturated rings. The number of thiocarbonyl (C=S) groups is 1. The van der Waals surface area contributed by atoms with Crippen molar-refractivity contribution in [2.24, 2.45) is 5.73 Å². The van der Waals surface area contributed by atoms with E-state index in [1.54, 1.807) is 6.07 Å². The first-order chi connectivity index (χ1) is 9.52. The molecule has 1 saturated heterocycles. The van der Waals surface area contributed by atoms with E-state index in [9.17, 15) is 4.39 Å². The highest BCUT2D eigenvalue weighted by atomic mass is 32.1. The molecule has 1 aliphatic heterocycles. The van der Waals surface area contributed by atoms with Crippen molar-refractivity contribution in [3.05, 3.63) is 29.6 Å². The number of nitrogens with zero attached hydrogens (tertiary/aromatic N) is 2. The summed E-state index contributed by atoms with van der Waals surface area (Å²) in [5.41, 5.74) is 6.66. The van der Waals surface area contributed by atoms with Crippen molar-refractivity contribution in [3.8, 4) is 0 Å². The molecule has 1 aromatic rings. The van der Waals surface area contributed by atoms with E-state index in [2.05, 4.69) is 16.7 Å². The predicted molar refractivity (Wildman–Crippen MR) is 85.8 cm³/mol. The van der Waals surface area contributed by atoms with Crippen LogP contribution in [0.25, 0.3) is 0 Å². The molecular weight excluding hydrogens is 273 g/mol. The van der Waals surface area contributed by atoms with E-state index in [0.29, 0.717) is 11.6 Å². The highest BCUT2D eigenvalue weighted by Crippen LogP contribution is 2.22. The van der Waals surface area contributed by atoms with Crippen LogP contribution in [0.2, 0.25) is 0 Å². The molecule has 0 bridgehead atoms. The van der Waals surface area contributed by atoms with Crippen molar-refractivity contribution in [2.45, 2.75) is 25.8 Å². The Kier molecular flexibility index (Phi) is 4.94. The van der Waals surface area contributed by atoms with Gasteiger partial charge in [0.05, 0.1) is 0 Å². The zero-order valence-corrected chi connectivity index (χ0v) is 12.9. The third kappa shape index (κ3) is 3.27. The van der Waals surface area contributed by atoms with Crippen LogP contribution in [0.1, 0.15) is 25.3 Å². The predicted octanol–water partition coefficient (Wildman–Crippen LogP) is 2.38. The molecule has 3 nitrogen and oxygen atoms in total. The number of benzene rings is 1. The number of halogens is 1. The lowest BCUT2D eigenvalue weighted by Gasteiger charge is -2.29. The van der Waals surface area contributed by atoms with Crippen LogP contribution in [0.4, 0.5) is 10.1 Å². The minimum Gasteiger partial charge on any atom is -0.389 e. The average molecular weight is 295 g/mol. The fraction of sp³-hybridized carbons (Fsp3) is 0.533. The number of hydrogen-bond acceptors (Lipinski definition) is 3. The van der Waals surface area contributed by atoms with Gasteiger partial charge < -0.3 is 10.6 Å². The molecule has 1 aliphatic rings. The summed E-state index contributed by atoms with van der Waals surface area (Å²) in [6, 6.07) is 5.61. The van der Waals surface area contributed by atoms with Crippen LogP contribution in [0.3, 0.4) is 0 Å². The number of likely N-dealkylation sites (N-methyl/N-ethyl adjacent to an activating group) is 2. The van der Waals surface area contributed by atoms with Gasteiger partial charge in [-0.25, -0.2) is 4.39 Å². The summed E-state index contributed by atoms with van der Waals surface area (Å²) in [7, 11) is 2.00. The average Bonchev–Trinajstić information content (AvgIpc) is 2.85. The highest BCUT2D eigenvalue weighted by Gasteiger charge is 2.24. The molecule has 0 aromatic heterocycles. The van der Waals surface area contributed by atoms with Crippen LogP contribution >= 0.6 is 12.2 Å². The zero-order chi connectivity index (χ0) is 14.7. The topological polar surface area (TPSA) is 32.5 Å². The van der Waals surface area contributed by atoms with E-state index >= 15 is 0 Å². The van der Waals surface area contributed by atoms with Gasteiger partial charge in [-0.3, -0.25) is 4.90 Å². The molecule has 5 heteroatoms. The SMILES string of the molecule is CCN1CCCC1CN(C)c1ccc(C(N)=S)c(F)c1. The molecule has 1 atom stereocenters. The Morgan fingerprint density at radius 1 is 1.55 bits per heavy atom. The third-order valence-corrected chi connectivity index (χ3v) is 4.27. The molecule has 20 heavy (non-hydrogen) atoms. The van der Waals surface area contributed by atoms with Crippen molar-refractivity contribution in [1.82, 2.24) is 4.90 Å². The molecule has 0 spiro atoms. The Labute approximate surface area is 125 Å². The Hall–Kier alpha value is -1.20. The second kappa shape index (κ2) is 6.50. The van der Waals surface area contributed by atoms with Gasteiger partial charge in [-0.1, -0.05) is 19.1 Å². The Bertz CT molecular complexity index is 492. The van der Waals surface area contributed by atoms with E-state index in [1.165, 1.54) is 25.5 Å². The normalized spacial score (nSPS) is 19.2. The first-order valence-corrected chi connectivity index (χ1v) is 7.48. The van der Waals surface area contributed by atoms with Crippen molar-refractivity contribution < 1.29 is 4.39 Å². The van der Waals surface area contributed by atoms with E-state index in [0.717, 1.165) is 18.8 Å². The van der Waals surface area contributed by atoms with Crippen LogP contribution in [0, 0.1) is 5.82 Å². The molecule has 1 heterocycles. The largest absolute Gasteiger partial charge is 0.389 e. The number of nitrogens with two attached hydrogens (primary N) is 1. The lowest BCUT2D eigenvalue weighted by molar-refractivity contribution is 0.270. The monoisotopic (exact) mass is 295 g/mol. The Morgan fingerprint density at radius 3 is 2.90 bits per heavy atom. The van der Waals surface area contributed by atoms with Crippen molar-refractivity contribution >= 4 is 22.9 Å². The van der Waals surface area contributed by atoms with Gasteiger partial charge in [-0.2, -0.15) is 0 Å². The number of anilines is 1. The first kappa shape index (κ1) is 15.2. The fourth-order valence-corrected chi connectivity index (χ4v) is 3.05. The fourth-order valence-electron chi connectivity index (χ4n) is 2.88. The Balaban J connectivity index is 2.07. The maximum absolute atomic E-state index is 13.9. The van der Waals surface area contributed by atoms with E-state index < -0.39 is 0 Å². The summed E-state index contributed by atoms with van der Waals surface area (Å²) in [5.74, 6) is -0.347. The molecule has 1 unspecified atom stereocenters. The highest BCUT2D eigenvalue weighted by molar-refractivity contribution is 7.80. The smallest absolute Gasteiger partial charge is 0.135 e. The maximum Gasteiger partial charge on any atom is 0.135 e. The minimum absolute atomic E-state index is 0.102. The lowest BCUT2D eigenvalue weighted by Crippen LogP contribution is -2.38. The van der Waals surface area contributed by atoms with E-state index in [4.69, 9.17) is 18.0 Å². The van der Waals surface area contributed by atoms with Gasteiger partial charge in [0.2, 0.25) is 0 Å². The molecule has 0 amide bonds. The summed E-state index contributed by atoms with van der Waals surface area (Å²) in [4.78, 5) is 4.69. The van der Waals surface area contributed by atoms with Crippen molar-refractivity contribution in [3.63, 3.8) is 0 Å². The quantitative estimate of drug-likeness (QED) is 0.846. The summed E-state index contributed by atoms with van der Waals surface area (Å²) >= 11 is 4.82. The number of hydrogen-bond donors (Lipinski definition) is 1.